The largest absolute Gasteiger partial charge is 0.271 e. The van der Waals surface area contributed by atoms with Gasteiger partial charge in [-0.1, -0.05) is 47.5 Å². The monoisotopic (exact) mass is 408 g/mol. The average molecular weight is 409 g/mol. The number of carbonyl (C=O) groups is 1. The van der Waals surface area contributed by atoms with Gasteiger partial charge < -0.3 is 0 Å². The van der Waals surface area contributed by atoms with Gasteiger partial charge in [-0.25, -0.2) is 5.43 Å². The first kappa shape index (κ1) is 20.2. The molecule has 28 heavy (non-hydrogen) atoms. The van der Waals surface area contributed by atoms with Crippen LogP contribution in [0.1, 0.15) is 32.6 Å². The topological polar surface area (TPSA) is 41.5 Å². The SMILES string of the molecule is Cc1ccc(C=NNC(=O)c2ccc(CSc3ccc(Cl)cc3)cc2)c(C)c1. The lowest BCUT2D eigenvalue weighted by Gasteiger charge is -2.05. The van der Waals surface area contributed by atoms with Crippen molar-refractivity contribution in [2.45, 2.75) is 24.5 Å². The van der Waals surface area contributed by atoms with Crippen molar-refractivity contribution in [1.82, 2.24) is 5.43 Å². The van der Waals surface area contributed by atoms with Gasteiger partial charge in [0.2, 0.25) is 0 Å². The zero-order chi connectivity index (χ0) is 19.9. The van der Waals surface area contributed by atoms with E-state index < -0.39 is 0 Å². The molecule has 0 saturated carbocycles. The van der Waals surface area contributed by atoms with Crippen molar-refractivity contribution in [3.8, 4) is 0 Å². The third-order valence-corrected chi connectivity index (χ3v) is 5.57. The van der Waals surface area contributed by atoms with Gasteiger partial charge >= 0.3 is 0 Å². The minimum atomic E-state index is -0.224. The number of nitrogens with zero attached hydrogens (tertiary/aromatic N) is 1. The van der Waals surface area contributed by atoms with Gasteiger partial charge in [-0.3, -0.25) is 4.79 Å². The Morgan fingerprint density at radius 2 is 1.75 bits per heavy atom. The fourth-order valence-corrected chi connectivity index (χ4v) is 3.63. The number of hydrogen-bond donors (Lipinski definition) is 1. The molecule has 142 valence electrons. The highest BCUT2D eigenvalue weighted by molar-refractivity contribution is 7.98. The summed E-state index contributed by atoms with van der Waals surface area (Å²) in [7, 11) is 0. The van der Waals surface area contributed by atoms with E-state index in [1.54, 1.807) is 18.0 Å². The van der Waals surface area contributed by atoms with Crippen LogP contribution >= 0.6 is 23.4 Å². The van der Waals surface area contributed by atoms with Crippen molar-refractivity contribution < 1.29 is 4.79 Å². The maximum absolute atomic E-state index is 12.3. The fraction of sp³-hybridized carbons (Fsp3) is 0.130. The number of rotatable bonds is 6. The summed E-state index contributed by atoms with van der Waals surface area (Å²) in [4.78, 5) is 13.4. The maximum atomic E-state index is 12.3. The number of nitrogens with one attached hydrogen (secondary N) is 1. The lowest BCUT2D eigenvalue weighted by molar-refractivity contribution is 0.0955. The molecule has 0 aromatic heterocycles. The lowest BCUT2D eigenvalue weighted by atomic mass is 10.1. The molecule has 0 spiro atoms. The van der Waals surface area contributed by atoms with Crippen LogP contribution in [0, 0.1) is 13.8 Å². The molecule has 0 radical (unpaired) electrons. The third-order valence-electron chi connectivity index (χ3n) is 4.23. The molecule has 0 unspecified atom stereocenters. The van der Waals surface area contributed by atoms with Crippen LogP contribution in [0.4, 0.5) is 0 Å². The molecule has 0 aliphatic rings. The number of halogens is 1. The molecule has 3 aromatic rings. The van der Waals surface area contributed by atoms with Crippen LogP contribution in [-0.2, 0) is 5.75 Å². The summed E-state index contributed by atoms with van der Waals surface area (Å²) < 4.78 is 0. The first-order valence-corrected chi connectivity index (χ1v) is 10.3. The summed E-state index contributed by atoms with van der Waals surface area (Å²) in [5, 5.41) is 4.81. The molecule has 3 aromatic carbocycles. The Bertz CT molecular complexity index is 982. The van der Waals surface area contributed by atoms with Crippen molar-refractivity contribution in [1.29, 1.82) is 0 Å². The Balaban J connectivity index is 1.54. The summed E-state index contributed by atoms with van der Waals surface area (Å²) in [6.07, 6.45) is 1.67. The summed E-state index contributed by atoms with van der Waals surface area (Å²) in [6.45, 7) is 4.07. The number of carbonyl (C=O) groups excluding carboxylic acids is 1. The van der Waals surface area contributed by atoms with Crippen LogP contribution in [-0.4, -0.2) is 12.1 Å². The highest BCUT2D eigenvalue weighted by atomic mass is 35.5. The van der Waals surface area contributed by atoms with E-state index in [9.17, 15) is 4.79 Å². The van der Waals surface area contributed by atoms with E-state index in [1.165, 1.54) is 5.56 Å². The number of thioether (sulfide) groups is 1. The van der Waals surface area contributed by atoms with Crippen LogP contribution in [0.15, 0.2) is 76.7 Å². The van der Waals surface area contributed by atoms with Crippen LogP contribution in [0.2, 0.25) is 5.02 Å². The predicted molar refractivity (Wildman–Crippen MR) is 118 cm³/mol. The van der Waals surface area contributed by atoms with Gasteiger partial charge in [0.15, 0.2) is 0 Å². The molecule has 1 N–H and O–H groups in total. The zero-order valence-electron chi connectivity index (χ0n) is 15.8. The van der Waals surface area contributed by atoms with Crippen molar-refractivity contribution in [3.05, 3.63) is 99.6 Å². The Labute approximate surface area is 174 Å². The van der Waals surface area contributed by atoms with Gasteiger partial charge in [0.1, 0.15) is 0 Å². The van der Waals surface area contributed by atoms with Gasteiger partial charge in [-0.15, -0.1) is 11.8 Å². The molecule has 0 atom stereocenters. The van der Waals surface area contributed by atoms with E-state index in [0.717, 1.165) is 32.4 Å². The first-order chi connectivity index (χ1) is 13.5. The summed E-state index contributed by atoms with van der Waals surface area (Å²) in [6, 6.07) is 21.4. The molecule has 5 heteroatoms. The van der Waals surface area contributed by atoms with E-state index in [4.69, 9.17) is 11.6 Å². The minimum Gasteiger partial charge on any atom is -0.267 e. The summed E-state index contributed by atoms with van der Waals surface area (Å²) in [5.74, 6) is 0.604. The predicted octanol–water partition coefficient (Wildman–Crippen LogP) is 6.01. The lowest BCUT2D eigenvalue weighted by Crippen LogP contribution is -2.17. The number of aryl methyl sites for hydroxylation is 2. The Morgan fingerprint density at radius 3 is 2.43 bits per heavy atom. The number of hydrogen-bond acceptors (Lipinski definition) is 3. The molecular formula is C23H21ClN2OS. The number of benzene rings is 3. The highest BCUT2D eigenvalue weighted by Gasteiger charge is 2.05. The molecule has 3 rings (SSSR count). The standard InChI is InChI=1S/C23H21ClN2OS/c1-16-3-6-20(17(2)13-16)14-25-26-23(27)19-7-4-18(5-8-19)15-28-22-11-9-21(24)10-12-22/h3-14H,15H2,1-2H3,(H,26,27). The smallest absolute Gasteiger partial charge is 0.267 e. The van der Waals surface area contributed by atoms with Gasteiger partial charge in [0.25, 0.3) is 5.91 Å². The Kier molecular flexibility index (Phi) is 6.90. The van der Waals surface area contributed by atoms with E-state index in [1.807, 2.05) is 74.5 Å². The van der Waals surface area contributed by atoms with Crippen molar-refractivity contribution >= 4 is 35.5 Å². The van der Waals surface area contributed by atoms with Crippen molar-refractivity contribution in [2.24, 2.45) is 5.10 Å². The van der Waals surface area contributed by atoms with Gasteiger partial charge in [-0.2, -0.15) is 5.10 Å². The second kappa shape index (κ2) is 9.58. The van der Waals surface area contributed by atoms with Crippen LogP contribution in [0.3, 0.4) is 0 Å². The maximum Gasteiger partial charge on any atom is 0.271 e. The first-order valence-electron chi connectivity index (χ1n) is 8.89. The Hall–Kier alpha value is -2.56. The molecular weight excluding hydrogens is 388 g/mol. The Morgan fingerprint density at radius 1 is 1.04 bits per heavy atom. The number of amides is 1. The van der Waals surface area contributed by atoms with Crippen molar-refractivity contribution in [3.63, 3.8) is 0 Å². The molecule has 0 aliphatic heterocycles. The van der Waals surface area contributed by atoms with E-state index in [0.29, 0.717) is 5.56 Å². The third kappa shape index (κ3) is 5.72. The quantitative estimate of drug-likeness (QED) is 0.308. The minimum absolute atomic E-state index is 0.224. The molecule has 0 heterocycles. The second-order valence-corrected chi connectivity index (χ2v) is 7.98. The summed E-state index contributed by atoms with van der Waals surface area (Å²) in [5.41, 5.74) is 7.63. The second-order valence-electron chi connectivity index (χ2n) is 6.50. The van der Waals surface area contributed by atoms with Crippen LogP contribution in [0.25, 0.3) is 0 Å². The van der Waals surface area contributed by atoms with Gasteiger partial charge in [0, 0.05) is 21.2 Å². The number of hydrazone groups is 1. The molecule has 0 aliphatic carbocycles. The molecule has 0 saturated heterocycles. The highest BCUT2D eigenvalue weighted by Crippen LogP contribution is 2.24. The van der Waals surface area contributed by atoms with E-state index >= 15 is 0 Å². The molecule has 0 fully saturated rings. The van der Waals surface area contributed by atoms with E-state index in [2.05, 4.69) is 16.6 Å². The average Bonchev–Trinajstić information content (AvgIpc) is 2.69. The van der Waals surface area contributed by atoms with Gasteiger partial charge in [-0.05, 0) is 66.9 Å². The normalized spacial score (nSPS) is 11.0. The van der Waals surface area contributed by atoms with Crippen molar-refractivity contribution in [2.75, 3.05) is 0 Å². The molecule has 3 nitrogen and oxygen atoms in total. The molecule has 0 bridgehead atoms. The van der Waals surface area contributed by atoms with E-state index in [-0.39, 0.29) is 5.91 Å². The van der Waals surface area contributed by atoms with Crippen LogP contribution < -0.4 is 5.43 Å². The summed E-state index contributed by atoms with van der Waals surface area (Å²) >= 11 is 7.63. The zero-order valence-corrected chi connectivity index (χ0v) is 17.3. The fourth-order valence-electron chi connectivity index (χ4n) is 2.65. The van der Waals surface area contributed by atoms with Gasteiger partial charge in [0.05, 0.1) is 6.21 Å². The molecule has 1 amide bonds. The van der Waals surface area contributed by atoms with Crippen LogP contribution in [0.5, 0.6) is 0 Å².